The first-order valence-electron chi connectivity index (χ1n) is 8.18. The molecule has 0 atom stereocenters. The van der Waals surface area contributed by atoms with Crippen molar-refractivity contribution in [3.63, 3.8) is 0 Å². The summed E-state index contributed by atoms with van der Waals surface area (Å²) in [7, 11) is 3.07. The van der Waals surface area contributed by atoms with Crippen LogP contribution in [0.1, 0.15) is 48.0 Å². The van der Waals surface area contributed by atoms with Crippen molar-refractivity contribution < 1.29 is 24.2 Å². The van der Waals surface area contributed by atoms with Gasteiger partial charge in [-0.25, -0.2) is 0 Å². The van der Waals surface area contributed by atoms with Gasteiger partial charge in [-0.15, -0.1) is 0 Å². The minimum atomic E-state index is -0.854. The fourth-order valence-electron chi connectivity index (χ4n) is 3.26. The average Bonchev–Trinajstić information content (AvgIpc) is 2.60. The molecule has 0 saturated heterocycles. The van der Waals surface area contributed by atoms with E-state index in [0.29, 0.717) is 29.9 Å². The third-order valence-electron chi connectivity index (χ3n) is 4.87. The van der Waals surface area contributed by atoms with Gasteiger partial charge in [-0.05, 0) is 31.9 Å². The van der Waals surface area contributed by atoms with Gasteiger partial charge in [0, 0.05) is 17.7 Å². The van der Waals surface area contributed by atoms with Crippen LogP contribution in [-0.4, -0.2) is 37.7 Å². The van der Waals surface area contributed by atoms with Crippen molar-refractivity contribution in [1.82, 2.24) is 5.32 Å². The summed E-state index contributed by atoms with van der Waals surface area (Å²) in [6.07, 6.45) is 4.02. The van der Waals surface area contributed by atoms with Gasteiger partial charge in [0.15, 0.2) is 0 Å². The van der Waals surface area contributed by atoms with Crippen LogP contribution in [0.3, 0.4) is 0 Å². The Morgan fingerprint density at radius 2 is 1.67 bits per heavy atom. The van der Waals surface area contributed by atoms with E-state index in [1.165, 1.54) is 14.2 Å². The molecule has 1 saturated carbocycles. The first-order chi connectivity index (χ1) is 11.4. The smallest absolute Gasteiger partial charge is 0.311 e. The number of hydrogen-bond acceptors (Lipinski definition) is 4. The van der Waals surface area contributed by atoms with Crippen LogP contribution in [-0.2, 0) is 4.79 Å². The molecule has 2 N–H and O–H groups in total. The molecule has 1 fully saturated rings. The van der Waals surface area contributed by atoms with Crippen LogP contribution in [0.15, 0.2) is 12.1 Å². The minimum Gasteiger partial charge on any atom is -0.496 e. The van der Waals surface area contributed by atoms with Crippen LogP contribution >= 0.6 is 0 Å². The van der Waals surface area contributed by atoms with Crippen molar-refractivity contribution in [3.8, 4) is 11.5 Å². The van der Waals surface area contributed by atoms with Gasteiger partial charge in [-0.3, -0.25) is 9.59 Å². The number of carbonyl (C=O) groups is 2. The second-order valence-electron chi connectivity index (χ2n) is 6.33. The predicted octanol–water partition coefficient (Wildman–Crippen LogP) is 2.78. The van der Waals surface area contributed by atoms with Crippen molar-refractivity contribution in [1.29, 1.82) is 0 Å². The highest BCUT2D eigenvalue weighted by atomic mass is 16.5. The van der Waals surface area contributed by atoms with Crippen LogP contribution in [0.5, 0.6) is 11.5 Å². The molecular weight excluding hydrogens is 310 g/mol. The quantitative estimate of drug-likeness (QED) is 0.835. The lowest BCUT2D eigenvalue weighted by atomic mass is 9.74. The summed E-state index contributed by atoms with van der Waals surface area (Å²) in [5.74, 6) is -0.0328. The Bertz CT molecular complexity index is 595. The Labute approximate surface area is 142 Å². The SMILES string of the molecule is COc1cc(C(=O)NCC2(C(=O)O)CCCCC2)cc(OC)c1C. The van der Waals surface area contributed by atoms with Crippen LogP contribution in [0.25, 0.3) is 0 Å². The fourth-order valence-corrected chi connectivity index (χ4v) is 3.26. The van der Waals surface area contributed by atoms with Gasteiger partial charge in [0.05, 0.1) is 19.6 Å². The van der Waals surface area contributed by atoms with E-state index in [9.17, 15) is 14.7 Å². The number of carboxylic acid groups (broad SMARTS) is 1. The number of hydrogen-bond donors (Lipinski definition) is 2. The van der Waals surface area contributed by atoms with Crippen LogP contribution in [0.4, 0.5) is 0 Å². The molecule has 1 aromatic rings. The molecule has 1 aromatic carbocycles. The number of methoxy groups -OCH3 is 2. The van der Waals surface area contributed by atoms with Gasteiger partial charge in [-0.2, -0.15) is 0 Å². The summed E-state index contributed by atoms with van der Waals surface area (Å²) in [6.45, 7) is 1.99. The van der Waals surface area contributed by atoms with Crippen LogP contribution in [0.2, 0.25) is 0 Å². The second kappa shape index (κ2) is 7.55. The molecular formula is C18H25NO5. The van der Waals surface area contributed by atoms with E-state index in [4.69, 9.17) is 9.47 Å². The largest absolute Gasteiger partial charge is 0.496 e. The number of nitrogens with one attached hydrogen (secondary N) is 1. The normalized spacial score (nSPS) is 16.3. The summed E-state index contributed by atoms with van der Waals surface area (Å²) < 4.78 is 10.6. The topological polar surface area (TPSA) is 84.9 Å². The molecule has 0 unspecified atom stereocenters. The summed E-state index contributed by atoms with van der Waals surface area (Å²) in [5.41, 5.74) is 0.351. The number of ether oxygens (including phenoxy) is 2. The highest BCUT2D eigenvalue weighted by molar-refractivity contribution is 5.95. The number of rotatable bonds is 6. The van der Waals surface area contributed by atoms with Crippen LogP contribution in [0, 0.1) is 12.3 Å². The molecule has 1 aliphatic rings. The molecule has 0 aromatic heterocycles. The standard InChI is InChI=1S/C18H25NO5/c1-12-14(23-2)9-13(10-15(12)24-3)16(20)19-11-18(17(21)22)7-5-4-6-8-18/h9-10H,4-8,11H2,1-3H3,(H,19,20)(H,21,22). The van der Waals surface area contributed by atoms with Gasteiger partial charge in [0.1, 0.15) is 11.5 Å². The second-order valence-corrected chi connectivity index (χ2v) is 6.33. The zero-order chi connectivity index (χ0) is 17.7. The number of carboxylic acids is 1. The summed E-state index contributed by atoms with van der Waals surface area (Å²) in [4.78, 5) is 24.2. The van der Waals surface area contributed by atoms with Gasteiger partial charge < -0.3 is 19.9 Å². The van der Waals surface area contributed by atoms with Gasteiger partial charge >= 0.3 is 5.97 Å². The molecule has 1 aliphatic carbocycles. The lowest BCUT2D eigenvalue weighted by Gasteiger charge is -2.33. The Morgan fingerprint density at radius 1 is 1.12 bits per heavy atom. The van der Waals surface area contributed by atoms with Crippen LogP contribution < -0.4 is 14.8 Å². The lowest BCUT2D eigenvalue weighted by molar-refractivity contribution is -0.150. The van der Waals surface area contributed by atoms with E-state index in [1.54, 1.807) is 12.1 Å². The maximum Gasteiger partial charge on any atom is 0.311 e. The molecule has 0 spiro atoms. The Balaban J connectivity index is 2.16. The van der Waals surface area contributed by atoms with E-state index < -0.39 is 11.4 Å². The maximum atomic E-state index is 12.5. The van der Waals surface area contributed by atoms with Crippen molar-refractivity contribution in [2.24, 2.45) is 5.41 Å². The monoisotopic (exact) mass is 335 g/mol. The van der Waals surface area contributed by atoms with E-state index >= 15 is 0 Å². The summed E-state index contributed by atoms with van der Waals surface area (Å²) in [5, 5.41) is 12.4. The average molecular weight is 335 g/mol. The highest BCUT2D eigenvalue weighted by Gasteiger charge is 2.39. The van der Waals surface area contributed by atoms with E-state index in [0.717, 1.165) is 24.8 Å². The molecule has 6 heteroatoms. The zero-order valence-corrected chi connectivity index (χ0v) is 14.5. The third kappa shape index (κ3) is 3.63. The highest BCUT2D eigenvalue weighted by Crippen LogP contribution is 2.36. The van der Waals surface area contributed by atoms with E-state index in [2.05, 4.69) is 5.32 Å². The van der Waals surface area contributed by atoms with Gasteiger partial charge in [-0.1, -0.05) is 19.3 Å². The molecule has 24 heavy (non-hydrogen) atoms. The molecule has 1 amide bonds. The molecule has 0 heterocycles. The van der Waals surface area contributed by atoms with Crippen molar-refractivity contribution in [2.75, 3.05) is 20.8 Å². The molecule has 0 aliphatic heterocycles. The molecule has 0 radical (unpaired) electrons. The van der Waals surface area contributed by atoms with Gasteiger partial charge in [0.25, 0.3) is 5.91 Å². The molecule has 6 nitrogen and oxygen atoms in total. The Morgan fingerprint density at radius 3 is 2.12 bits per heavy atom. The van der Waals surface area contributed by atoms with E-state index in [1.807, 2.05) is 6.92 Å². The number of carbonyl (C=O) groups excluding carboxylic acids is 1. The predicted molar refractivity (Wildman–Crippen MR) is 89.8 cm³/mol. The first kappa shape index (κ1) is 18.1. The first-order valence-corrected chi connectivity index (χ1v) is 8.18. The Kier molecular flexibility index (Phi) is 5.70. The molecule has 132 valence electrons. The third-order valence-corrected chi connectivity index (χ3v) is 4.87. The van der Waals surface area contributed by atoms with Gasteiger partial charge in [0.2, 0.25) is 0 Å². The van der Waals surface area contributed by atoms with Crippen molar-refractivity contribution in [2.45, 2.75) is 39.0 Å². The summed E-state index contributed by atoms with van der Waals surface area (Å²) in [6, 6.07) is 3.28. The zero-order valence-electron chi connectivity index (χ0n) is 14.5. The number of amides is 1. The molecule has 0 bridgehead atoms. The van der Waals surface area contributed by atoms with E-state index in [-0.39, 0.29) is 12.5 Å². The molecule has 2 rings (SSSR count). The lowest BCUT2D eigenvalue weighted by Crippen LogP contribution is -2.44. The van der Waals surface area contributed by atoms with Crippen molar-refractivity contribution >= 4 is 11.9 Å². The maximum absolute atomic E-state index is 12.5. The summed E-state index contributed by atoms with van der Waals surface area (Å²) >= 11 is 0. The Hall–Kier alpha value is -2.24. The minimum absolute atomic E-state index is 0.139. The number of aliphatic carboxylic acids is 1. The fraction of sp³-hybridized carbons (Fsp3) is 0.556. The number of benzene rings is 1. The van der Waals surface area contributed by atoms with Crippen molar-refractivity contribution in [3.05, 3.63) is 23.3 Å².